The van der Waals surface area contributed by atoms with Crippen molar-refractivity contribution in [3.8, 4) is 0 Å². The van der Waals surface area contributed by atoms with E-state index in [-0.39, 0.29) is 23.7 Å². The zero-order chi connectivity index (χ0) is 10.7. The Bertz CT molecular complexity index is 237. The van der Waals surface area contributed by atoms with Crippen molar-refractivity contribution >= 4 is 11.7 Å². The van der Waals surface area contributed by atoms with Gasteiger partial charge in [0.25, 0.3) is 0 Å². The number of amides is 1. The van der Waals surface area contributed by atoms with E-state index in [1.165, 1.54) is 0 Å². The van der Waals surface area contributed by atoms with Gasteiger partial charge in [-0.15, -0.1) is 0 Å². The molecule has 0 aliphatic carbocycles. The molecule has 14 heavy (non-hydrogen) atoms. The van der Waals surface area contributed by atoms with Crippen LogP contribution in [-0.2, 0) is 9.59 Å². The minimum absolute atomic E-state index is 0.0509. The number of carbonyl (C=O) groups excluding carboxylic acids is 2. The molecule has 0 aromatic heterocycles. The first-order valence-electron chi connectivity index (χ1n) is 5.38. The highest BCUT2D eigenvalue weighted by atomic mass is 16.2. The summed E-state index contributed by atoms with van der Waals surface area (Å²) in [5.74, 6) is 0.319. The molecule has 1 heterocycles. The predicted octanol–water partition coefficient (Wildman–Crippen LogP) is 1.61. The molecule has 1 unspecified atom stereocenters. The fraction of sp³-hybridized carbons (Fsp3) is 0.818. The van der Waals surface area contributed by atoms with E-state index in [9.17, 15) is 9.59 Å². The third-order valence-corrected chi connectivity index (χ3v) is 3.04. The first-order valence-corrected chi connectivity index (χ1v) is 5.38. The Kier molecular flexibility index (Phi) is 3.67. The molecule has 0 saturated carbocycles. The van der Waals surface area contributed by atoms with E-state index in [1.54, 1.807) is 11.8 Å². The molecular weight excluding hydrogens is 178 g/mol. The molecule has 1 fully saturated rings. The molecular formula is C11H19NO2. The summed E-state index contributed by atoms with van der Waals surface area (Å²) in [6.07, 6.45) is 2.66. The monoisotopic (exact) mass is 197 g/mol. The maximum atomic E-state index is 11.9. The van der Waals surface area contributed by atoms with Gasteiger partial charge >= 0.3 is 0 Å². The van der Waals surface area contributed by atoms with Crippen molar-refractivity contribution in [2.45, 2.75) is 46.1 Å². The van der Waals surface area contributed by atoms with Crippen molar-refractivity contribution in [2.24, 2.45) is 5.92 Å². The Balaban J connectivity index is 2.67. The number of hydrogen-bond donors (Lipinski definition) is 0. The molecule has 3 nitrogen and oxygen atoms in total. The van der Waals surface area contributed by atoms with Gasteiger partial charge in [0.2, 0.25) is 5.91 Å². The zero-order valence-electron chi connectivity index (χ0n) is 9.25. The van der Waals surface area contributed by atoms with Gasteiger partial charge < -0.3 is 4.90 Å². The topological polar surface area (TPSA) is 37.4 Å². The van der Waals surface area contributed by atoms with Crippen LogP contribution in [0.25, 0.3) is 0 Å². The number of hydrogen-bond acceptors (Lipinski definition) is 2. The Labute approximate surface area is 85.5 Å². The average Bonchev–Trinajstić information content (AvgIpc) is 2.63. The molecule has 0 spiro atoms. The van der Waals surface area contributed by atoms with Crippen molar-refractivity contribution in [3.05, 3.63) is 0 Å². The van der Waals surface area contributed by atoms with Crippen LogP contribution in [-0.4, -0.2) is 29.2 Å². The molecule has 1 aliphatic heterocycles. The van der Waals surface area contributed by atoms with E-state index in [2.05, 4.69) is 0 Å². The standard InChI is InChI=1S/C11H19NO2/c1-4-8(2)11(14)12-7-5-6-10(12)9(3)13/h8,10H,4-7H2,1-3H3/t8?,10-/m0/s1. The fourth-order valence-corrected chi connectivity index (χ4v) is 1.91. The van der Waals surface area contributed by atoms with Gasteiger partial charge in [0.05, 0.1) is 6.04 Å². The second-order valence-electron chi connectivity index (χ2n) is 4.11. The summed E-state index contributed by atoms with van der Waals surface area (Å²) in [7, 11) is 0. The molecule has 2 atom stereocenters. The number of Topliss-reactive ketones (excluding diaryl/α,β-unsaturated/α-hetero) is 1. The second-order valence-corrected chi connectivity index (χ2v) is 4.11. The van der Waals surface area contributed by atoms with Gasteiger partial charge in [-0.1, -0.05) is 13.8 Å². The lowest BCUT2D eigenvalue weighted by atomic mass is 10.1. The lowest BCUT2D eigenvalue weighted by Crippen LogP contribution is -2.42. The minimum Gasteiger partial charge on any atom is -0.332 e. The summed E-state index contributed by atoms with van der Waals surface area (Å²) in [6.45, 7) is 6.26. The van der Waals surface area contributed by atoms with E-state index in [4.69, 9.17) is 0 Å². The van der Waals surface area contributed by atoms with E-state index >= 15 is 0 Å². The Morgan fingerprint density at radius 3 is 2.64 bits per heavy atom. The van der Waals surface area contributed by atoms with Crippen molar-refractivity contribution in [3.63, 3.8) is 0 Å². The summed E-state index contributed by atoms with van der Waals surface area (Å²) < 4.78 is 0. The number of nitrogens with zero attached hydrogens (tertiary/aromatic N) is 1. The van der Waals surface area contributed by atoms with Gasteiger partial charge in [-0.25, -0.2) is 0 Å². The van der Waals surface area contributed by atoms with Crippen LogP contribution in [0.3, 0.4) is 0 Å². The molecule has 0 aromatic rings. The molecule has 0 bridgehead atoms. The smallest absolute Gasteiger partial charge is 0.226 e. The Morgan fingerprint density at radius 1 is 1.50 bits per heavy atom. The number of rotatable bonds is 3. The summed E-state index contributed by atoms with van der Waals surface area (Å²) >= 11 is 0. The Hall–Kier alpha value is -0.860. The first kappa shape index (κ1) is 11.2. The van der Waals surface area contributed by atoms with Crippen molar-refractivity contribution in [1.29, 1.82) is 0 Å². The molecule has 0 radical (unpaired) electrons. The highest BCUT2D eigenvalue weighted by Crippen LogP contribution is 2.21. The van der Waals surface area contributed by atoms with Crippen LogP contribution in [0.15, 0.2) is 0 Å². The SMILES string of the molecule is CCC(C)C(=O)N1CCC[C@H]1C(C)=O. The van der Waals surface area contributed by atoms with Crippen LogP contribution in [0, 0.1) is 5.92 Å². The molecule has 3 heteroatoms. The average molecular weight is 197 g/mol. The third kappa shape index (κ3) is 2.14. The van der Waals surface area contributed by atoms with Gasteiger partial charge in [0, 0.05) is 12.5 Å². The van der Waals surface area contributed by atoms with Gasteiger partial charge in [0.15, 0.2) is 5.78 Å². The predicted molar refractivity (Wildman–Crippen MR) is 54.9 cm³/mol. The van der Waals surface area contributed by atoms with Gasteiger partial charge in [0.1, 0.15) is 0 Å². The number of ketones is 1. The number of carbonyl (C=O) groups is 2. The maximum absolute atomic E-state index is 11.9. The number of likely N-dealkylation sites (tertiary alicyclic amines) is 1. The maximum Gasteiger partial charge on any atom is 0.226 e. The van der Waals surface area contributed by atoms with E-state index < -0.39 is 0 Å². The molecule has 0 aromatic carbocycles. The van der Waals surface area contributed by atoms with Crippen LogP contribution in [0.5, 0.6) is 0 Å². The van der Waals surface area contributed by atoms with Crippen molar-refractivity contribution in [2.75, 3.05) is 6.54 Å². The largest absolute Gasteiger partial charge is 0.332 e. The van der Waals surface area contributed by atoms with Gasteiger partial charge in [-0.3, -0.25) is 9.59 Å². The molecule has 1 aliphatic rings. The lowest BCUT2D eigenvalue weighted by molar-refractivity contribution is -0.140. The normalized spacial score (nSPS) is 23.6. The van der Waals surface area contributed by atoms with E-state index in [0.717, 1.165) is 25.8 Å². The lowest BCUT2D eigenvalue weighted by Gasteiger charge is -2.25. The molecule has 1 saturated heterocycles. The van der Waals surface area contributed by atoms with Gasteiger partial charge in [-0.2, -0.15) is 0 Å². The molecule has 1 rings (SSSR count). The van der Waals surface area contributed by atoms with Gasteiger partial charge in [-0.05, 0) is 26.2 Å². The van der Waals surface area contributed by atoms with Crippen molar-refractivity contribution in [1.82, 2.24) is 4.90 Å². The van der Waals surface area contributed by atoms with Crippen LogP contribution >= 0.6 is 0 Å². The zero-order valence-corrected chi connectivity index (χ0v) is 9.25. The quantitative estimate of drug-likeness (QED) is 0.689. The molecule has 0 N–H and O–H groups in total. The molecule has 80 valence electrons. The van der Waals surface area contributed by atoms with Crippen LogP contribution in [0.4, 0.5) is 0 Å². The van der Waals surface area contributed by atoms with Crippen molar-refractivity contribution < 1.29 is 9.59 Å². The van der Waals surface area contributed by atoms with E-state index in [1.807, 2.05) is 13.8 Å². The van der Waals surface area contributed by atoms with Crippen LogP contribution in [0.2, 0.25) is 0 Å². The highest BCUT2D eigenvalue weighted by molar-refractivity contribution is 5.88. The summed E-state index contributed by atoms with van der Waals surface area (Å²) in [4.78, 5) is 24.9. The summed E-state index contributed by atoms with van der Waals surface area (Å²) in [5.41, 5.74) is 0. The highest BCUT2D eigenvalue weighted by Gasteiger charge is 2.33. The minimum atomic E-state index is -0.142. The first-order chi connectivity index (χ1) is 6.57. The molecule has 1 amide bonds. The van der Waals surface area contributed by atoms with Crippen LogP contribution < -0.4 is 0 Å². The second kappa shape index (κ2) is 4.58. The fourth-order valence-electron chi connectivity index (χ4n) is 1.91. The summed E-state index contributed by atoms with van der Waals surface area (Å²) in [5, 5.41) is 0. The van der Waals surface area contributed by atoms with Crippen LogP contribution in [0.1, 0.15) is 40.0 Å². The third-order valence-electron chi connectivity index (χ3n) is 3.04. The van der Waals surface area contributed by atoms with E-state index in [0.29, 0.717) is 0 Å². The summed E-state index contributed by atoms with van der Waals surface area (Å²) in [6, 6.07) is -0.142. The Morgan fingerprint density at radius 2 is 2.14 bits per heavy atom.